The van der Waals surface area contributed by atoms with Gasteiger partial charge in [-0.05, 0) is 36.8 Å². The maximum absolute atomic E-state index is 12.1. The number of anilines is 1. The smallest absolute Gasteiger partial charge is 0.413 e. The Kier molecular flexibility index (Phi) is 4.96. The van der Waals surface area contributed by atoms with Crippen molar-refractivity contribution >= 4 is 27.8 Å². The molecule has 1 heterocycles. The van der Waals surface area contributed by atoms with Gasteiger partial charge in [0.15, 0.2) is 0 Å². The second-order valence-electron chi connectivity index (χ2n) is 5.21. The third-order valence-electron chi connectivity index (χ3n) is 3.53. The fourth-order valence-corrected chi connectivity index (χ4v) is 2.55. The topological polar surface area (TPSA) is 56.1 Å². The summed E-state index contributed by atoms with van der Waals surface area (Å²) in [5.74, 6) is 0.544. The van der Waals surface area contributed by atoms with E-state index in [-0.39, 0.29) is 6.10 Å². The molecule has 1 N–H and O–H groups in total. The predicted molar refractivity (Wildman–Crippen MR) is 96.2 cm³/mol. The molecule has 0 saturated heterocycles. The number of hydrogen-bond donors (Lipinski definition) is 1. The fourth-order valence-electron chi connectivity index (χ4n) is 2.28. The number of ether oxygens (including phenoxy) is 1. The molecule has 1 amide bonds. The quantitative estimate of drug-likeness (QED) is 0.691. The van der Waals surface area contributed by atoms with Crippen molar-refractivity contribution < 1.29 is 9.53 Å². The molecule has 0 aliphatic heterocycles. The molecule has 5 nitrogen and oxygen atoms in total. The minimum Gasteiger partial charge on any atom is -0.441 e. The molecule has 0 bridgehead atoms. The van der Waals surface area contributed by atoms with Crippen LogP contribution in [0.15, 0.2) is 71.6 Å². The van der Waals surface area contributed by atoms with Gasteiger partial charge in [0.05, 0.1) is 6.20 Å². The fraction of sp³-hybridized carbons (Fsp3) is 0.111. The van der Waals surface area contributed by atoms with Crippen LogP contribution in [-0.4, -0.2) is 15.6 Å². The van der Waals surface area contributed by atoms with Crippen LogP contribution in [0.2, 0.25) is 0 Å². The molecular formula is C18H16BrN3O2. The largest absolute Gasteiger partial charge is 0.441 e. The van der Waals surface area contributed by atoms with E-state index in [1.165, 1.54) is 0 Å². The van der Waals surface area contributed by atoms with Crippen molar-refractivity contribution in [1.82, 2.24) is 9.55 Å². The van der Waals surface area contributed by atoms with Crippen LogP contribution >= 0.6 is 15.9 Å². The molecule has 0 fully saturated rings. The monoisotopic (exact) mass is 385 g/mol. The standard InChI is InChI=1S/C18H16BrN3O2/c1-13(14-5-3-2-4-6-14)24-18(23)21-17-11-20-12-22(17)16-9-7-15(19)8-10-16/h2-13H,1H3,(H,21,23). The van der Waals surface area contributed by atoms with Gasteiger partial charge in [0.1, 0.15) is 18.2 Å². The van der Waals surface area contributed by atoms with E-state index >= 15 is 0 Å². The molecule has 0 aliphatic rings. The van der Waals surface area contributed by atoms with Crippen LogP contribution in [-0.2, 0) is 4.74 Å². The number of nitrogens with one attached hydrogen (secondary N) is 1. The zero-order valence-corrected chi connectivity index (χ0v) is 14.6. The molecular weight excluding hydrogens is 370 g/mol. The van der Waals surface area contributed by atoms with Crippen LogP contribution in [0.3, 0.4) is 0 Å². The second kappa shape index (κ2) is 7.31. The third-order valence-corrected chi connectivity index (χ3v) is 4.05. The first-order valence-electron chi connectivity index (χ1n) is 7.44. The van der Waals surface area contributed by atoms with Crippen LogP contribution in [0.4, 0.5) is 10.6 Å². The van der Waals surface area contributed by atoms with E-state index in [0.717, 1.165) is 15.7 Å². The zero-order chi connectivity index (χ0) is 16.9. The first-order chi connectivity index (χ1) is 11.6. The molecule has 2 aromatic carbocycles. The lowest BCUT2D eigenvalue weighted by Gasteiger charge is -2.15. The molecule has 3 rings (SSSR count). The molecule has 1 atom stereocenters. The zero-order valence-electron chi connectivity index (χ0n) is 13.0. The van der Waals surface area contributed by atoms with Crippen molar-refractivity contribution in [3.05, 3.63) is 77.2 Å². The Bertz CT molecular complexity index is 816. The number of carbonyl (C=O) groups is 1. The SMILES string of the molecule is CC(OC(=O)Nc1cncn1-c1ccc(Br)cc1)c1ccccc1. The molecule has 1 aromatic heterocycles. The molecule has 0 aliphatic carbocycles. The number of benzene rings is 2. The number of rotatable bonds is 4. The predicted octanol–water partition coefficient (Wildman–Crippen LogP) is 4.94. The molecule has 1 unspecified atom stereocenters. The van der Waals surface area contributed by atoms with Gasteiger partial charge < -0.3 is 4.74 Å². The lowest BCUT2D eigenvalue weighted by Crippen LogP contribution is -2.17. The van der Waals surface area contributed by atoms with Gasteiger partial charge in [0, 0.05) is 10.2 Å². The number of nitrogens with zero attached hydrogens (tertiary/aromatic N) is 2. The Balaban J connectivity index is 1.69. The van der Waals surface area contributed by atoms with Crippen molar-refractivity contribution in [3.8, 4) is 5.69 Å². The summed E-state index contributed by atoms with van der Waals surface area (Å²) >= 11 is 3.40. The van der Waals surface area contributed by atoms with Crippen molar-refractivity contribution in [1.29, 1.82) is 0 Å². The highest BCUT2D eigenvalue weighted by molar-refractivity contribution is 9.10. The number of amides is 1. The van der Waals surface area contributed by atoms with E-state index in [4.69, 9.17) is 4.74 Å². The van der Waals surface area contributed by atoms with E-state index in [9.17, 15) is 4.79 Å². The molecule has 6 heteroatoms. The maximum atomic E-state index is 12.1. The van der Waals surface area contributed by atoms with E-state index < -0.39 is 6.09 Å². The van der Waals surface area contributed by atoms with E-state index in [2.05, 4.69) is 26.2 Å². The number of halogens is 1. The lowest BCUT2D eigenvalue weighted by atomic mass is 10.1. The maximum Gasteiger partial charge on any atom is 0.413 e. The second-order valence-corrected chi connectivity index (χ2v) is 6.12. The van der Waals surface area contributed by atoms with Gasteiger partial charge in [0.25, 0.3) is 0 Å². The summed E-state index contributed by atoms with van der Waals surface area (Å²) in [6.45, 7) is 1.83. The Morgan fingerprint density at radius 3 is 2.58 bits per heavy atom. The first kappa shape index (κ1) is 16.3. The Morgan fingerprint density at radius 1 is 1.17 bits per heavy atom. The summed E-state index contributed by atoms with van der Waals surface area (Å²) in [4.78, 5) is 16.2. The minimum atomic E-state index is -0.523. The average Bonchev–Trinajstić information content (AvgIpc) is 3.04. The van der Waals surface area contributed by atoms with E-state index in [1.54, 1.807) is 17.1 Å². The van der Waals surface area contributed by atoms with Gasteiger partial charge in [-0.1, -0.05) is 46.3 Å². The summed E-state index contributed by atoms with van der Waals surface area (Å²) in [5, 5.41) is 2.73. The van der Waals surface area contributed by atoms with Crippen LogP contribution in [0.5, 0.6) is 0 Å². The van der Waals surface area contributed by atoms with Gasteiger partial charge in [0.2, 0.25) is 0 Å². The molecule has 0 radical (unpaired) electrons. The van der Waals surface area contributed by atoms with Crippen molar-refractivity contribution in [2.45, 2.75) is 13.0 Å². The normalized spacial score (nSPS) is 11.8. The van der Waals surface area contributed by atoms with Crippen molar-refractivity contribution in [2.75, 3.05) is 5.32 Å². The Labute approximate surface area is 148 Å². The highest BCUT2D eigenvalue weighted by Crippen LogP contribution is 2.20. The van der Waals surface area contributed by atoms with Gasteiger partial charge in [-0.15, -0.1) is 0 Å². The summed E-state index contributed by atoms with van der Waals surface area (Å²) in [6.07, 6.45) is 2.36. The third kappa shape index (κ3) is 3.83. The average molecular weight is 386 g/mol. The van der Waals surface area contributed by atoms with Gasteiger partial charge in [-0.3, -0.25) is 9.88 Å². The number of imidazole rings is 1. The first-order valence-corrected chi connectivity index (χ1v) is 8.23. The summed E-state index contributed by atoms with van der Waals surface area (Å²) in [5.41, 5.74) is 1.83. The Hall–Kier alpha value is -2.60. The molecule has 0 saturated carbocycles. The summed E-state index contributed by atoms with van der Waals surface area (Å²) in [6, 6.07) is 17.3. The number of carbonyl (C=O) groups excluding carboxylic acids is 1. The molecule has 24 heavy (non-hydrogen) atoms. The van der Waals surface area contributed by atoms with Crippen molar-refractivity contribution in [2.24, 2.45) is 0 Å². The minimum absolute atomic E-state index is 0.338. The molecule has 122 valence electrons. The summed E-state index contributed by atoms with van der Waals surface area (Å²) < 4.78 is 8.18. The van der Waals surface area contributed by atoms with Gasteiger partial charge >= 0.3 is 6.09 Å². The Morgan fingerprint density at radius 2 is 1.88 bits per heavy atom. The number of aromatic nitrogens is 2. The highest BCUT2D eigenvalue weighted by atomic mass is 79.9. The van der Waals surface area contributed by atoms with Gasteiger partial charge in [-0.2, -0.15) is 0 Å². The van der Waals surface area contributed by atoms with Crippen LogP contribution in [0, 0.1) is 0 Å². The van der Waals surface area contributed by atoms with Crippen molar-refractivity contribution in [3.63, 3.8) is 0 Å². The van der Waals surface area contributed by atoms with E-state index in [0.29, 0.717) is 5.82 Å². The highest BCUT2D eigenvalue weighted by Gasteiger charge is 2.14. The van der Waals surface area contributed by atoms with Gasteiger partial charge in [-0.25, -0.2) is 9.78 Å². The van der Waals surface area contributed by atoms with Crippen LogP contribution in [0.25, 0.3) is 5.69 Å². The lowest BCUT2D eigenvalue weighted by molar-refractivity contribution is 0.121. The summed E-state index contributed by atoms with van der Waals surface area (Å²) in [7, 11) is 0. The van der Waals surface area contributed by atoms with Crippen LogP contribution in [0.1, 0.15) is 18.6 Å². The number of hydrogen-bond acceptors (Lipinski definition) is 3. The van der Waals surface area contributed by atoms with E-state index in [1.807, 2.05) is 61.5 Å². The van der Waals surface area contributed by atoms with Crippen LogP contribution < -0.4 is 5.32 Å². The molecule has 3 aromatic rings. The molecule has 0 spiro atoms.